The van der Waals surface area contributed by atoms with Crippen molar-refractivity contribution in [3.63, 3.8) is 0 Å². The number of fused-ring (bicyclic) bond motifs is 5. The molecule has 43 heavy (non-hydrogen) atoms. The van der Waals surface area contributed by atoms with E-state index >= 15 is 0 Å². The standard InChI is InChI=1S/C32H39N9OS/c1-19(23-10-8-14-39(23)2)41-31-22(18-35-41)30(40-15-4-3-5-16-40)36-29(37-31)26-20-9-6-12-32(27(20)42-38-26)13-7-11-24-25(32)21(17-33)28(34)43-24/h18-19,23H,3-16,34H2,1-2H3/t19-,23-,32-/m0/s1. The summed E-state index contributed by atoms with van der Waals surface area (Å²) in [5, 5.41) is 21.4. The van der Waals surface area contributed by atoms with Crippen LogP contribution in [-0.2, 0) is 18.3 Å². The van der Waals surface area contributed by atoms with Crippen LogP contribution in [0.4, 0.5) is 10.8 Å². The molecule has 2 aliphatic heterocycles. The number of nitrogen functional groups attached to an aromatic ring is 1. The van der Waals surface area contributed by atoms with E-state index in [-0.39, 0.29) is 11.5 Å². The number of hydrogen-bond acceptors (Lipinski definition) is 10. The number of aryl methyl sites for hydroxylation is 1. The van der Waals surface area contributed by atoms with Crippen LogP contribution in [0.25, 0.3) is 22.6 Å². The first-order valence-electron chi connectivity index (χ1n) is 16.0. The summed E-state index contributed by atoms with van der Waals surface area (Å²) in [5.41, 5.74) is 10.4. The van der Waals surface area contributed by atoms with Crippen LogP contribution in [-0.4, -0.2) is 62.5 Å². The lowest BCUT2D eigenvalue weighted by Crippen LogP contribution is -2.35. The Morgan fingerprint density at radius 3 is 2.67 bits per heavy atom. The van der Waals surface area contributed by atoms with Crippen molar-refractivity contribution >= 4 is 33.2 Å². The van der Waals surface area contributed by atoms with Crippen molar-refractivity contribution in [2.75, 3.05) is 37.3 Å². The summed E-state index contributed by atoms with van der Waals surface area (Å²) in [5.74, 6) is 2.46. The lowest BCUT2D eigenvalue weighted by molar-refractivity contribution is 0.232. The number of thiophene rings is 1. The zero-order chi connectivity index (χ0) is 29.3. The highest BCUT2D eigenvalue weighted by atomic mass is 32.1. The van der Waals surface area contributed by atoms with E-state index in [1.807, 2.05) is 6.20 Å². The molecule has 4 aromatic heterocycles. The summed E-state index contributed by atoms with van der Waals surface area (Å²) in [6.45, 7) is 5.35. The highest BCUT2D eigenvalue weighted by Gasteiger charge is 2.49. The Balaban J connectivity index is 1.29. The number of piperidine rings is 1. The van der Waals surface area contributed by atoms with E-state index in [2.05, 4.69) is 34.5 Å². The Bertz CT molecular complexity index is 1740. The van der Waals surface area contributed by atoms with E-state index in [0.29, 0.717) is 22.4 Å². The van der Waals surface area contributed by atoms with Gasteiger partial charge in [0.2, 0.25) is 0 Å². The first-order chi connectivity index (χ1) is 21.0. The summed E-state index contributed by atoms with van der Waals surface area (Å²) in [6.07, 6.45) is 13.6. The molecule has 0 amide bonds. The Morgan fingerprint density at radius 2 is 1.91 bits per heavy atom. The fourth-order valence-corrected chi connectivity index (χ4v) is 9.75. The van der Waals surface area contributed by atoms with Crippen LogP contribution in [0.2, 0.25) is 0 Å². The number of rotatable bonds is 4. The minimum absolute atomic E-state index is 0.186. The lowest BCUT2D eigenvalue weighted by atomic mass is 9.63. The molecule has 8 rings (SSSR count). The predicted octanol–water partition coefficient (Wildman–Crippen LogP) is 5.60. The highest BCUT2D eigenvalue weighted by Crippen LogP contribution is 2.55. The van der Waals surface area contributed by atoms with Crippen LogP contribution in [0.5, 0.6) is 0 Å². The first kappa shape index (κ1) is 27.1. The molecule has 4 aromatic rings. The zero-order valence-corrected chi connectivity index (χ0v) is 25.9. The van der Waals surface area contributed by atoms with Gasteiger partial charge in [0.1, 0.15) is 16.9 Å². The molecule has 1 spiro atoms. The van der Waals surface area contributed by atoms with Gasteiger partial charge in [0.25, 0.3) is 0 Å². The van der Waals surface area contributed by atoms with Gasteiger partial charge in [-0.1, -0.05) is 5.16 Å². The monoisotopic (exact) mass is 597 g/mol. The number of nitrogens with two attached hydrogens (primary N) is 1. The predicted molar refractivity (Wildman–Crippen MR) is 167 cm³/mol. The van der Waals surface area contributed by atoms with E-state index in [0.717, 1.165) is 117 Å². The second kappa shape index (κ2) is 10.3. The second-order valence-electron chi connectivity index (χ2n) is 13.1. The molecule has 0 saturated carbocycles. The van der Waals surface area contributed by atoms with E-state index < -0.39 is 0 Å². The minimum atomic E-state index is -0.366. The molecule has 224 valence electrons. The van der Waals surface area contributed by atoms with E-state index in [9.17, 15) is 5.26 Å². The van der Waals surface area contributed by atoms with E-state index in [1.54, 1.807) is 11.3 Å². The summed E-state index contributed by atoms with van der Waals surface area (Å²) >= 11 is 1.57. The Morgan fingerprint density at radius 1 is 1.09 bits per heavy atom. The number of hydrogen-bond donors (Lipinski definition) is 1. The summed E-state index contributed by atoms with van der Waals surface area (Å²) in [4.78, 5) is 16.5. The van der Waals surface area contributed by atoms with Crippen molar-refractivity contribution < 1.29 is 4.52 Å². The molecule has 11 heteroatoms. The van der Waals surface area contributed by atoms with Crippen LogP contribution in [0.15, 0.2) is 10.7 Å². The van der Waals surface area contributed by atoms with E-state index in [1.165, 1.54) is 17.7 Å². The number of aromatic nitrogens is 5. The Labute approximate surface area is 255 Å². The number of anilines is 2. The van der Waals surface area contributed by atoms with Gasteiger partial charge in [0.15, 0.2) is 22.9 Å². The molecule has 3 atom stereocenters. The van der Waals surface area contributed by atoms with Gasteiger partial charge in [-0.25, -0.2) is 14.6 Å². The first-order valence-corrected chi connectivity index (χ1v) is 16.8. The summed E-state index contributed by atoms with van der Waals surface area (Å²) in [7, 11) is 2.21. The molecule has 0 bridgehead atoms. The minimum Gasteiger partial charge on any atom is -0.389 e. The third-order valence-corrected chi connectivity index (χ3v) is 11.8. The molecule has 4 aliphatic rings. The number of likely N-dealkylation sites (N-methyl/N-ethyl adjacent to an activating group) is 1. The SMILES string of the molecule is C[C@@H]([C@@H]1CCCN1C)n1ncc2c(N3CCCCC3)nc(-c3noc4c3CCC[C@@]43CCCc4sc(N)c(C#N)c43)nc21. The molecular formula is C32H39N9OS. The second-order valence-corrected chi connectivity index (χ2v) is 14.2. The maximum absolute atomic E-state index is 10.1. The molecule has 0 unspecified atom stereocenters. The highest BCUT2D eigenvalue weighted by molar-refractivity contribution is 7.16. The number of nitrogens with zero attached hydrogens (tertiary/aromatic N) is 8. The quantitative estimate of drug-likeness (QED) is 0.320. The topological polar surface area (TPSA) is 126 Å². The van der Waals surface area contributed by atoms with Gasteiger partial charge in [-0.15, -0.1) is 11.3 Å². The smallest absolute Gasteiger partial charge is 0.186 e. The molecular weight excluding hydrogens is 558 g/mol. The number of nitriles is 1. The molecule has 2 aliphatic carbocycles. The molecule has 2 saturated heterocycles. The number of likely N-dealkylation sites (tertiary alicyclic amines) is 1. The van der Waals surface area contributed by atoms with Crippen molar-refractivity contribution in [2.45, 2.75) is 95.1 Å². The third kappa shape index (κ3) is 4.06. The fourth-order valence-electron chi connectivity index (χ4n) is 8.59. The van der Waals surface area contributed by atoms with Gasteiger partial charge in [-0.05, 0) is 96.7 Å². The molecule has 6 heterocycles. The Hall–Kier alpha value is -3.49. The van der Waals surface area contributed by atoms with Crippen LogP contribution in [0, 0.1) is 11.3 Å². The van der Waals surface area contributed by atoms with Crippen LogP contribution >= 0.6 is 11.3 Å². The van der Waals surface area contributed by atoms with Crippen molar-refractivity contribution in [3.05, 3.63) is 33.5 Å². The van der Waals surface area contributed by atoms with Crippen molar-refractivity contribution in [1.82, 2.24) is 29.8 Å². The van der Waals surface area contributed by atoms with Gasteiger partial charge in [-0.2, -0.15) is 10.4 Å². The fraction of sp³-hybridized carbons (Fsp3) is 0.594. The van der Waals surface area contributed by atoms with Gasteiger partial charge in [-0.3, -0.25) is 0 Å². The third-order valence-electron chi connectivity index (χ3n) is 10.7. The lowest BCUT2D eigenvalue weighted by Gasteiger charge is -2.39. The summed E-state index contributed by atoms with van der Waals surface area (Å²) < 4.78 is 8.45. The van der Waals surface area contributed by atoms with Crippen LogP contribution in [0.3, 0.4) is 0 Å². The summed E-state index contributed by atoms with van der Waals surface area (Å²) in [6, 6.07) is 3.04. The van der Waals surface area contributed by atoms with E-state index in [4.69, 9.17) is 30.5 Å². The van der Waals surface area contributed by atoms with Crippen molar-refractivity contribution in [3.8, 4) is 17.6 Å². The average Bonchev–Trinajstić information content (AvgIpc) is 3.82. The van der Waals surface area contributed by atoms with Crippen molar-refractivity contribution in [1.29, 1.82) is 5.26 Å². The zero-order valence-electron chi connectivity index (χ0n) is 25.1. The maximum Gasteiger partial charge on any atom is 0.186 e. The molecule has 2 N–H and O–H groups in total. The normalized spacial score (nSPS) is 24.8. The molecule has 0 aromatic carbocycles. The van der Waals surface area contributed by atoms with Crippen LogP contribution < -0.4 is 10.6 Å². The molecule has 10 nitrogen and oxygen atoms in total. The largest absolute Gasteiger partial charge is 0.389 e. The van der Waals surface area contributed by atoms with Gasteiger partial charge >= 0.3 is 0 Å². The van der Waals surface area contributed by atoms with Gasteiger partial charge in [0.05, 0.1) is 28.6 Å². The van der Waals surface area contributed by atoms with Gasteiger partial charge < -0.3 is 20.1 Å². The van der Waals surface area contributed by atoms with Crippen molar-refractivity contribution in [2.24, 2.45) is 0 Å². The van der Waals surface area contributed by atoms with Crippen LogP contribution in [0.1, 0.15) is 98.1 Å². The molecule has 0 radical (unpaired) electrons. The maximum atomic E-state index is 10.1. The Kier molecular flexibility index (Phi) is 6.49. The van der Waals surface area contributed by atoms with Gasteiger partial charge in [0, 0.05) is 29.6 Å². The average molecular weight is 598 g/mol. The molecule has 2 fully saturated rings.